The topological polar surface area (TPSA) is 26.3 Å². The Kier molecular flexibility index (Phi) is 2.70. The van der Waals surface area contributed by atoms with Gasteiger partial charge < -0.3 is 4.74 Å². The van der Waals surface area contributed by atoms with Gasteiger partial charge in [-0.2, -0.15) is 0 Å². The fraction of sp³-hybridized carbons (Fsp3) is 0.300. The first-order chi connectivity index (χ1) is 6.45. The molecule has 2 nitrogen and oxygen atoms in total. The summed E-state index contributed by atoms with van der Waals surface area (Å²) in [6.45, 7) is 0.754. The number of rotatable bonds is 2. The van der Waals surface area contributed by atoms with E-state index in [4.69, 9.17) is 0 Å². The van der Waals surface area contributed by atoms with Crippen molar-refractivity contribution in [3.8, 4) is 0 Å². The summed E-state index contributed by atoms with van der Waals surface area (Å²) in [5.41, 5.74) is 4.31. The molecule has 0 spiro atoms. The average Bonchev–Trinajstić information content (AvgIpc) is 2.15. The molecule has 0 radical (unpaired) electrons. The van der Waals surface area contributed by atoms with Crippen molar-refractivity contribution >= 4 is 5.97 Å². The third-order valence-electron chi connectivity index (χ3n) is 1.63. The average molecular weight is 198 g/mol. The molecule has 0 aliphatic heterocycles. The van der Waals surface area contributed by atoms with Gasteiger partial charge in [0.15, 0.2) is 0 Å². The lowest BCUT2D eigenvalue weighted by atomic mass is 10.1. The third kappa shape index (κ3) is 2.19. The van der Waals surface area contributed by atoms with E-state index in [2.05, 4.69) is 16.2 Å². The smallest absolute Gasteiger partial charge is 0.346 e. The zero-order valence-electron chi connectivity index (χ0n) is 7.73. The van der Waals surface area contributed by atoms with Crippen LogP contribution in [0.25, 0.3) is 0 Å². The molecule has 0 bridgehead atoms. The van der Waals surface area contributed by atoms with Crippen LogP contribution in [-0.4, -0.2) is 19.0 Å². The van der Waals surface area contributed by atoms with Crippen LogP contribution in [0.1, 0.15) is 6.92 Å². The predicted octanol–water partition coefficient (Wildman–Crippen LogP) is 1.99. The van der Waals surface area contributed by atoms with E-state index in [1.807, 2.05) is 0 Å². The SMILES string of the molecule is COC(=O)C1=C=C=C(C(C)(F)F)C=C1. The van der Waals surface area contributed by atoms with Crippen molar-refractivity contribution in [3.63, 3.8) is 0 Å². The minimum atomic E-state index is -2.97. The maximum Gasteiger partial charge on any atom is 0.346 e. The van der Waals surface area contributed by atoms with Gasteiger partial charge in [0.25, 0.3) is 5.92 Å². The minimum absolute atomic E-state index is 0.0838. The molecule has 0 saturated carbocycles. The molecule has 0 aromatic carbocycles. The van der Waals surface area contributed by atoms with Crippen LogP contribution in [0, 0.1) is 0 Å². The van der Waals surface area contributed by atoms with Gasteiger partial charge in [-0.3, -0.25) is 0 Å². The van der Waals surface area contributed by atoms with Gasteiger partial charge in [-0.15, -0.1) is 0 Å². The fourth-order valence-electron chi connectivity index (χ4n) is 0.870. The van der Waals surface area contributed by atoms with Crippen LogP contribution in [0.5, 0.6) is 0 Å². The largest absolute Gasteiger partial charge is 0.465 e. The number of methoxy groups -OCH3 is 1. The van der Waals surface area contributed by atoms with Crippen molar-refractivity contribution < 1.29 is 18.3 Å². The van der Waals surface area contributed by atoms with Gasteiger partial charge in [0.05, 0.1) is 12.7 Å². The zero-order chi connectivity index (χ0) is 10.8. The van der Waals surface area contributed by atoms with Gasteiger partial charge >= 0.3 is 5.97 Å². The van der Waals surface area contributed by atoms with E-state index in [9.17, 15) is 13.6 Å². The Morgan fingerprint density at radius 3 is 2.43 bits per heavy atom. The lowest BCUT2D eigenvalue weighted by Crippen LogP contribution is -2.12. The Bertz CT molecular complexity index is 387. The molecule has 0 atom stereocenters. The van der Waals surface area contributed by atoms with Crippen LogP contribution in [0.4, 0.5) is 8.78 Å². The first kappa shape index (κ1) is 10.5. The van der Waals surface area contributed by atoms with Crippen LogP contribution in [0.2, 0.25) is 0 Å². The Hall–Kier alpha value is -1.63. The van der Waals surface area contributed by atoms with Crippen molar-refractivity contribution in [3.05, 3.63) is 34.8 Å². The number of hydrogen-bond acceptors (Lipinski definition) is 2. The number of hydrogen-bond donors (Lipinski definition) is 0. The van der Waals surface area contributed by atoms with E-state index in [-0.39, 0.29) is 11.1 Å². The predicted molar refractivity (Wildman–Crippen MR) is 45.8 cm³/mol. The zero-order valence-corrected chi connectivity index (χ0v) is 7.73. The molecule has 0 heterocycles. The number of esters is 1. The van der Waals surface area contributed by atoms with E-state index < -0.39 is 11.9 Å². The van der Waals surface area contributed by atoms with Crippen molar-refractivity contribution in [2.75, 3.05) is 7.11 Å². The number of ether oxygens (including phenoxy) is 1. The molecule has 14 heavy (non-hydrogen) atoms. The van der Waals surface area contributed by atoms with E-state index in [0.717, 1.165) is 13.0 Å². The molecular weight excluding hydrogens is 190 g/mol. The maximum absolute atomic E-state index is 12.7. The van der Waals surface area contributed by atoms with E-state index in [0.29, 0.717) is 0 Å². The normalized spacial score (nSPS) is 14.9. The molecule has 1 aliphatic carbocycles. The van der Waals surface area contributed by atoms with Crippen molar-refractivity contribution in [1.82, 2.24) is 0 Å². The molecule has 74 valence electrons. The van der Waals surface area contributed by atoms with Crippen LogP contribution >= 0.6 is 0 Å². The molecule has 0 unspecified atom stereocenters. The van der Waals surface area contributed by atoms with Gasteiger partial charge in [-0.25, -0.2) is 13.6 Å². The lowest BCUT2D eigenvalue weighted by Gasteiger charge is -2.09. The standard InChI is InChI=1S/C10H8F2O2/c1-10(11,12)8-5-3-7(4-6-8)9(13)14-2/h3,5H,1-2H3. The minimum Gasteiger partial charge on any atom is -0.465 e. The van der Waals surface area contributed by atoms with E-state index in [1.165, 1.54) is 13.2 Å². The summed E-state index contributed by atoms with van der Waals surface area (Å²) in [5, 5.41) is 0. The van der Waals surface area contributed by atoms with Crippen molar-refractivity contribution in [2.45, 2.75) is 12.8 Å². The second-order valence-electron chi connectivity index (χ2n) is 2.79. The quantitative estimate of drug-likeness (QED) is 0.501. The number of halogens is 2. The van der Waals surface area contributed by atoms with Crippen LogP contribution in [-0.2, 0) is 9.53 Å². The molecular formula is C10H8F2O2. The van der Waals surface area contributed by atoms with Gasteiger partial charge in [0.2, 0.25) is 0 Å². The first-order valence-corrected chi connectivity index (χ1v) is 3.86. The van der Waals surface area contributed by atoms with Gasteiger partial charge in [0.1, 0.15) is 5.57 Å². The molecule has 0 amide bonds. The van der Waals surface area contributed by atoms with Crippen LogP contribution < -0.4 is 0 Å². The highest BCUT2D eigenvalue weighted by atomic mass is 19.3. The second-order valence-corrected chi connectivity index (χ2v) is 2.79. The highest BCUT2D eigenvalue weighted by Crippen LogP contribution is 2.24. The van der Waals surface area contributed by atoms with Crippen molar-refractivity contribution in [1.29, 1.82) is 0 Å². The molecule has 0 aromatic heterocycles. The van der Waals surface area contributed by atoms with E-state index in [1.54, 1.807) is 0 Å². The summed E-state index contributed by atoms with van der Waals surface area (Å²) in [5.74, 6) is -3.59. The summed E-state index contributed by atoms with van der Waals surface area (Å²) in [7, 11) is 1.21. The Balaban J connectivity index is 3.11. The highest BCUT2D eigenvalue weighted by Gasteiger charge is 2.26. The highest BCUT2D eigenvalue weighted by molar-refractivity contribution is 5.91. The van der Waals surface area contributed by atoms with E-state index >= 15 is 0 Å². The fourth-order valence-corrected chi connectivity index (χ4v) is 0.870. The molecule has 0 N–H and O–H groups in total. The Morgan fingerprint density at radius 2 is 2.07 bits per heavy atom. The molecule has 0 saturated heterocycles. The molecule has 0 aromatic rings. The molecule has 0 fully saturated rings. The molecule has 1 aliphatic rings. The summed E-state index contributed by atoms with van der Waals surface area (Å²) >= 11 is 0. The van der Waals surface area contributed by atoms with Gasteiger partial charge in [-0.05, 0) is 12.2 Å². The number of carbonyl (C=O) groups is 1. The van der Waals surface area contributed by atoms with Crippen LogP contribution in [0.15, 0.2) is 34.8 Å². The third-order valence-corrected chi connectivity index (χ3v) is 1.63. The lowest BCUT2D eigenvalue weighted by molar-refractivity contribution is -0.135. The second kappa shape index (κ2) is 3.62. The number of alkyl halides is 2. The van der Waals surface area contributed by atoms with Gasteiger partial charge in [-0.1, -0.05) is 11.5 Å². The molecule has 4 heteroatoms. The first-order valence-electron chi connectivity index (χ1n) is 3.86. The maximum atomic E-state index is 12.7. The summed E-state index contributed by atoms with van der Waals surface area (Å²) in [4.78, 5) is 10.9. The Labute approximate surface area is 79.9 Å². The summed E-state index contributed by atoms with van der Waals surface area (Å²) in [6.07, 6.45) is 2.36. The summed E-state index contributed by atoms with van der Waals surface area (Å²) in [6, 6.07) is 0. The van der Waals surface area contributed by atoms with Gasteiger partial charge in [0, 0.05) is 6.92 Å². The monoisotopic (exact) mass is 198 g/mol. The van der Waals surface area contributed by atoms with Crippen molar-refractivity contribution in [2.24, 2.45) is 0 Å². The number of carbonyl (C=O) groups excluding carboxylic acids is 1. The van der Waals surface area contributed by atoms with Crippen LogP contribution in [0.3, 0.4) is 0 Å². The molecule has 1 rings (SSSR count). The Morgan fingerprint density at radius 1 is 1.43 bits per heavy atom. The summed E-state index contributed by atoms with van der Waals surface area (Å²) < 4.78 is 29.8. The number of allylic oxidation sites excluding steroid dienone is 2.